The minimum Gasteiger partial charge on any atom is -0.477 e. The second-order valence-electron chi connectivity index (χ2n) is 24.1. The van der Waals surface area contributed by atoms with Gasteiger partial charge in [0.1, 0.15) is 34.7 Å². The number of carboxylic acid groups (broad SMARTS) is 1. The molecule has 2 aromatic rings. The molecule has 3 saturated heterocycles. The summed E-state index contributed by atoms with van der Waals surface area (Å²) in [5, 5.41) is 75.5. The normalized spacial score (nSPS) is 38.1. The highest BCUT2D eigenvalue weighted by Crippen LogP contribution is 2.42. The number of aryl methyl sites for hydroxylation is 1. The van der Waals surface area contributed by atoms with Gasteiger partial charge in [-0.05, 0) is 120 Å². The Morgan fingerprint density at radius 1 is 0.937 bits per heavy atom. The third-order valence-electron chi connectivity index (χ3n) is 17.1. The molecular weight excluding hydrogens is 1030 g/mol. The first-order chi connectivity index (χ1) is 36.8. The molecule has 1 aromatic heterocycles. The number of benzene rings is 1. The minimum absolute atomic E-state index is 0.00101. The average Bonchev–Trinajstić information content (AvgIpc) is 3.47. The fraction of sp³-hybridized carbons (Fsp3) is 0.772. The van der Waals surface area contributed by atoms with Crippen LogP contribution in [-0.4, -0.2) is 182 Å². The Labute approximate surface area is 464 Å². The number of likely N-dealkylation sites (N-methyl/N-ethyl adjacent to an activating group) is 1. The van der Waals surface area contributed by atoms with Gasteiger partial charge in [-0.3, -0.25) is 14.4 Å². The molecule has 22 nitrogen and oxygen atoms in total. The summed E-state index contributed by atoms with van der Waals surface area (Å²) in [6.07, 6.45) is -7.88. The maximum absolute atomic E-state index is 14.5. The van der Waals surface area contributed by atoms with E-state index in [0.717, 1.165) is 11.1 Å². The summed E-state index contributed by atoms with van der Waals surface area (Å²) in [6, 6.07) is 3.35. The first-order valence-corrected chi connectivity index (χ1v) is 27.9. The Bertz CT molecular complexity index is 2550. The number of aliphatic hydroxyl groups is 4. The zero-order valence-corrected chi connectivity index (χ0v) is 48.9. The number of carbonyl (C=O) groups excluding carboxylic acids is 2. The van der Waals surface area contributed by atoms with Crippen molar-refractivity contribution in [3.05, 3.63) is 45.2 Å². The number of ether oxygens (including phenoxy) is 8. The number of aromatic nitrogens is 1. The summed E-state index contributed by atoms with van der Waals surface area (Å²) >= 11 is 0. The number of oxime groups is 1. The van der Waals surface area contributed by atoms with E-state index in [4.69, 9.17) is 37.9 Å². The molecule has 7 N–H and O–H groups in total. The second-order valence-corrected chi connectivity index (χ2v) is 24.1. The summed E-state index contributed by atoms with van der Waals surface area (Å²) in [4.78, 5) is 55.3. The highest BCUT2D eigenvalue weighted by molar-refractivity contribution is 5.94. The maximum Gasteiger partial charge on any atom is 0.341 e. The molecular formula is C57H90N4O18. The van der Waals surface area contributed by atoms with Crippen LogP contribution < -0.4 is 10.7 Å². The van der Waals surface area contributed by atoms with E-state index in [1.165, 1.54) is 27.2 Å². The summed E-state index contributed by atoms with van der Waals surface area (Å²) in [5.74, 6) is -6.42. The Balaban J connectivity index is 1.18. The predicted molar refractivity (Wildman–Crippen MR) is 289 cm³/mol. The molecule has 6 rings (SSSR count). The van der Waals surface area contributed by atoms with Crippen molar-refractivity contribution in [3.63, 3.8) is 0 Å². The molecule has 446 valence electrons. The van der Waals surface area contributed by atoms with Crippen LogP contribution in [0, 0.1) is 23.7 Å². The zero-order valence-electron chi connectivity index (χ0n) is 48.9. The van der Waals surface area contributed by atoms with E-state index in [2.05, 4.69) is 10.5 Å². The quantitative estimate of drug-likeness (QED) is 0.0529. The molecule has 18 atom stereocenters. The van der Waals surface area contributed by atoms with Crippen molar-refractivity contribution in [2.24, 2.45) is 28.8 Å². The molecule has 3 fully saturated rings. The summed E-state index contributed by atoms with van der Waals surface area (Å²) in [6.45, 7) is 21.2. The largest absolute Gasteiger partial charge is 0.477 e. The van der Waals surface area contributed by atoms with Gasteiger partial charge in [-0.25, -0.2) is 4.79 Å². The summed E-state index contributed by atoms with van der Waals surface area (Å²) < 4.78 is 52.4. The molecule has 0 amide bonds. The number of hydrogen-bond donors (Lipinski definition) is 7. The second kappa shape index (κ2) is 25.5. The molecule has 0 aliphatic carbocycles. The number of rotatable bonds is 16. The van der Waals surface area contributed by atoms with Crippen molar-refractivity contribution < 1.29 is 83.0 Å². The lowest BCUT2D eigenvalue weighted by Crippen LogP contribution is -2.61. The van der Waals surface area contributed by atoms with E-state index >= 15 is 0 Å². The number of nitrogens with one attached hydrogen (secondary N) is 1. The molecule has 4 aliphatic heterocycles. The van der Waals surface area contributed by atoms with Crippen LogP contribution in [0.15, 0.2) is 28.3 Å². The molecule has 1 aromatic carbocycles. The highest BCUT2D eigenvalue weighted by Gasteiger charge is 2.54. The van der Waals surface area contributed by atoms with Crippen molar-refractivity contribution in [2.45, 2.75) is 225 Å². The predicted octanol–water partition coefficient (Wildman–Crippen LogP) is 4.45. The number of pyridine rings is 1. The lowest BCUT2D eigenvalue weighted by Gasteiger charge is -2.49. The topological polar surface area (TPSA) is 296 Å². The fourth-order valence-electron chi connectivity index (χ4n) is 12.5. The van der Waals surface area contributed by atoms with Gasteiger partial charge in [0.05, 0.1) is 66.3 Å². The van der Waals surface area contributed by atoms with E-state index in [-0.39, 0.29) is 62.3 Å². The first kappa shape index (κ1) is 64.0. The van der Waals surface area contributed by atoms with Crippen LogP contribution >= 0.6 is 0 Å². The fourth-order valence-corrected chi connectivity index (χ4v) is 12.5. The third-order valence-corrected chi connectivity index (χ3v) is 17.1. The van der Waals surface area contributed by atoms with Crippen LogP contribution in [0.4, 0.5) is 0 Å². The van der Waals surface area contributed by atoms with E-state index in [9.17, 15) is 49.9 Å². The number of hydrogen-bond acceptors (Lipinski definition) is 20. The molecule has 0 unspecified atom stereocenters. The van der Waals surface area contributed by atoms with Crippen molar-refractivity contribution in [1.29, 1.82) is 0 Å². The van der Waals surface area contributed by atoms with E-state index < -0.39 is 125 Å². The monoisotopic (exact) mass is 1120 g/mol. The maximum atomic E-state index is 14.5. The molecule has 22 heteroatoms. The Morgan fingerprint density at radius 3 is 2.24 bits per heavy atom. The lowest BCUT2D eigenvalue weighted by atomic mass is 9.73. The number of carbonyl (C=O) groups is 3. The van der Waals surface area contributed by atoms with Gasteiger partial charge in [0.2, 0.25) is 5.43 Å². The molecule has 0 radical (unpaired) electrons. The number of aliphatic hydroxyl groups excluding tert-OH is 2. The van der Waals surface area contributed by atoms with Gasteiger partial charge in [-0.15, -0.1) is 0 Å². The van der Waals surface area contributed by atoms with E-state index in [1.54, 1.807) is 59.1 Å². The standard InChI is InChI=1S/C57H90N4O18/c1-16-40-57(12,70)48(65)31(4)43(59-71)29(2)25-55(10,69)49(79-53-46(64)39(60(13)14)22-30(3)74-53)32(5)47(33(6)52(68)76-40)78-42-26-56(11,72-15)50(34(7)75-42)77-41(62)19-21-58-20-17-18-35-23-36-28-73-54(8,9)61-27-38(51(66)67)45(63)37(24-35)44(36)61/h23-24,27,29-34,39-40,42,46-50,53,58,64-65,69-71H,16-22,25-26,28H2,1-15H3,(H,66,67)/b59-43+/t29-,30-,31+,32+,33-,34+,39+,40-,42+,46-,47+,48-,49-,50+,53+,55-,56-,57-/m1/s1. The number of carboxylic acids is 1. The van der Waals surface area contributed by atoms with Crippen molar-refractivity contribution in [3.8, 4) is 0 Å². The van der Waals surface area contributed by atoms with Gasteiger partial charge in [0.25, 0.3) is 0 Å². The van der Waals surface area contributed by atoms with E-state index in [1.807, 2.05) is 45.8 Å². The van der Waals surface area contributed by atoms with Gasteiger partial charge < -0.3 is 83.4 Å². The van der Waals surface area contributed by atoms with Crippen molar-refractivity contribution >= 4 is 34.5 Å². The molecule has 0 saturated carbocycles. The third kappa shape index (κ3) is 13.9. The smallest absolute Gasteiger partial charge is 0.341 e. The Morgan fingerprint density at radius 2 is 1.62 bits per heavy atom. The Kier molecular flexibility index (Phi) is 20.7. The van der Waals surface area contributed by atoms with Crippen LogP contribution in [0.2, 0.25) is 0 Å². The van der Waals surface area contributed by atoms with Crippen LogP contribution in [0.25, 0.3) is 10.9 Å². The van der Waals surface area contributed by atoms with Crippen LogP contribution in [-0.2, 0) is 66.2 Å². The summed E-state index contributed by atoms with van der Waals surface area (Å²) in [7, 11) is 5.16. The number of cyclic esters (lactones) is 1. The number of methoxy groups -OCH3 is 1. The number of nitrogens with zero attached hydrogens (tertiary/aromatic N) is 3. The molecule has 0 bridgehead atoms. The van der Waals surface area contributed by atoms with Crippen LogP contribution in [0.3, 0.4) is 0 Å². The first-order valence-electron chi connectivity index (χ1n) is 27.9. The SMILES string of the molecule is CC[C@H]1OC(=O)[C@H](C)[C@@H](O[C@H]2C[C@@](C)(OC)[C@@H](OC(=O)CCNCCCc3cc4c5c(c3)c(=O)c(C(=O)O)cn5C(C)(C)OC4)[C@H](C)O2)[C@H](C)[C@@H](O[C@@H]2O[C@H](C)C[C@H](N(C)C)[C@H]2O)[C@](C)(O)C[C@@H](C)/C(=N\O)[C@H](C)[C@@H](O)[C@]1(C)O. The van der Waals surface area contributed by atoms with Gasteiger partial charge in [-0.2, -0.15) is 0 Å². The number of aromatic carboxylic acids is 1. The van der Waals surface area contributed by atoms with Crippen molar-refractivity contribution in [2.75, 3.05) is 34.3 Å². The van der Waals surface area contributed by atoms with Gasteiger partial charge >= 0.3 is 17.9 Å². The van der Waals surface area contributed by atoms with Gasteiger partial charge in [0, 0.05) is 61.0 Å². The number of esters is 2. The molecule has 0 spiro atoms. The van der Waals surface area contributed by atoms with E-state index in [0.29, 0.717) is 36.7 Å². The lowest BCUT2D eigenvalue weighted by molar-refractivity contribution is -0.318. The Hall–Kier alpha value is -4.17. The van der Waals surface area contributed by atoms with Crippen LogP contribution in [0.1, 0.15) is 143 Å². The summed E-state index contributed by atoms with van der Waals surface area (Å²) in [5.41, 5.74) is -4.42. The van der Waals surface area contributed by atoms with Gasteiger partial charge in [0.15, 0.2) is 18.7 Å². The average molecular weight is 1120 g/mol. The molecule has 5 heterocycles. The van der Waals surface area contributed by atoms with Crippen molar-refractivity contribution in [1.82, 2.24) is 14.8 Å². The molecule has 4 aliphatic rings. The van der Waals surface area contributed by atoms with Crippen LogP contribution in [0.5, 0.6) is 0 Å². The molecule has 79 heavy (non-hydrogen) atoms. The zero-order chi connectivity index (χ0) is 58.9. The van der Waals surface area contributed by atoms with Gasteiger partial charge in [-0.1, -0.05) is 38.9 Å². The minimum atomic E-state index is -2.03. The highest BCUT2D eigenvalue weighted by atomic mass is 16.7.